The van der Waals surface area contributed by atoms with E-state index in [0.29, 0.717) is 18.5 Å². The lowest BCUT2D eigenvalue weighted by molar-refractivity contribution is 0.483. The number of benzene rings is 8. The van der Waals surface area contributed by atoms with Gasteiger partial charge in [-0.05, 0) is 151 Å². The molecule has 1 aliphatic heterocycles. The van der Waals surface area contributed by atoms with E-state index in [1.54, 1.807) is 0 Å². The van der Waals surface area contributed by atoms with Gasteiger partial charge in [0.15, 0.2) is 0 Å². The molecule has 0 saturated carbocycles. The standard InChI is InChI=1S/C74H78N4O/c1-48(2)61-29-22-30-62(49(3)4)70(61)50-31-35-66-68(39-50)76(47-77(66)58-41-55(73(11,12)51-23-17-15-18-24-51)40-56(42-58)74(13,14)52-25-19-16-20-26-52)57-27-21-28-59(45-57)79-60-33-34-63-64-43-53(71(5,6)7)32-36-65(64)78(67(63)46-60)69-44-54(37-38-75-69)72(8,9)10/h15-46,48-49H,47H2,1-14H3. The van der Waals surface area contributed by atoms with Gasteiger partial charge in [0.1, 0.15) is 24.0 Å². The largest absolute Gasteiger partial charge is 0.457 e. The van der Waals surface area contributed by atoms with E-state index < -0.39 is 0 Å². The SMILES string of the molecule is CC(C)c1cccc(C(C)C)c1-c1ccc2c(c1)N(c1cccc(Oc3ccc4c5cc(C(C)(C)C)ccc5n(-c5cc(C(C)(C)C)ccn5)c4c3)c1)CN2c1cc(C(C)(C)c2ccccc2)cc(C(C)(C)c2ccccc2)c1. The average molecular weight is 1040 g/mol. The zero-order valence-electron chi connectivity index (χ0n) is 49.0. The Balaban J connectivity index is 1.05. The Morgan fingerprint density at radius 3 is 1.61 bits per heavy atom. The minimum absolute atomic E-state index is 0.00330. The summed E-state index contributed by atoms with van der Waals surface area (Å²) >= 11 is 0. The Labute approximate surface area is 470 Å². The predicted molar refractivity (Wildman–Crippen MR) is 335 cm³/mol. The van der Waals surface area contributed by atoms with Gasteiger partial charge in [-0.1, -0.05) is 200 Å². The highest BCUT2D eigenvalue weighted by atomic mass is 16.5. The summed E-state index contributed by atoms with van der Waals surface area (Å²) in [7, 11) is 0. The van der Waals surface area contributed by atoms with E-state index in [1.807, 2.05) is 6.20 Å². The van der Waals surface area contributed by atoms with Gasteiger partial charge >= 0.3 is 0 Å². The molecule has 3 heterocycles. The second-order valence-corrected chi connectivity index (χ2v) is 25.8. The van der Waals surface area contributed by atoms with Gasteiger partial charge < -0.3 is 14.5 Å². The summed E-state index contributed by atoms with van der Waals surface area (Å²) in [5.74, 6) is 3.14. The van der Waals surface area contributed by atoms with Gasteiger partial charge in [-0.3, -0.25) is 4.57 Å². The zero-order chi connectivity index (χ0) is 55.8. The van der Waals surface area contributed by atoms with Gasteiger partial charge in [0.05, 0.1) is 22.4 Å². The molecule has 10 aromatic rings. The molecule has 2 aromatic heterocycles. The van der Waals surface area contributed by atoms with Crippen molar-refractivity contribution in [2.24, 2.45) is 0 Å². The van der Waals surface area contributed by atoms with E-state index >= 15 is 0 Å². The Morgan fingerprint density at radius 2 is 1.00 bits per heavy atom. The lowest BCUT2D eigenvalue weighted by Crippen LogP contribution is -2.27. The number of pyridine rings is 1. The zero-order valence-corrected chi connectivity index (χ0v) is 49.0. The van der Waals surface area contributed by atoms with Gasteiger partial charge in [0, 0.05) is 51.3 Å². The quantitative estimate of drug-likeness (QED) is 0.122. The third-order valence-corrected chi connectivity index (χ3v) is 17.0. The number of anilines is 4. The normalized spacial score (nSPS) is 13.3. The van der Waals surface area contributed by atoms with E-state index in [4.69, 9.17) is 9.72 Å². The first kappa shape index (κ1) is 53.1. The minimum Gasteiger partial charge on any atom is -0.457 e. The molecule has 0 unspecified atom stereocenters. The summed E-state index contributed by atoms with van der Waals surface area (Å²) in [5, 5.41) is 2.37. The van der Waals surface area contributed by atoms with Crippen LogP contribution in [0.25, 0.3) is 38.8 Å². The van der Waals surface area contributed by atoms with Crippen molar-refractivity contribution in [1.82, 2.24) is 9.55 Å². The van der Waals surface area contributed by atoms with Crippen LogP contribution in [0, 0.1) is 0 Å². The maximum atomic E-state index is 7.02. The molecule has 0 fully saturated rings. The Hall–Kier alpha value is -7.89. The number of rotatable bonds is 12. The third-order valence-electron chi connectivity index (χ3n) is 17.0. The van der Waals surface area contributed by atoms with E-state index in [2.05, 4.69) is 299 Å². The molecule has 0 radical (unpaired) electrons. The number of fused-ring (bicyclic) bond motifs is 4. The molecule has 11 rings (SSSR count). The fourth-order valence-corrected chi connectivity index (χ4v) is 11.9. The van der Waals surface area contributed by atoms with Gasteiger partial charge in [-0.25, -0.2) is 4.98 Å². The number of hydrogen-bond donors (Lipinski definition) is 0. The van der Waals surface area contributed by atoms with Gasteiger partial charge in [0.25, 0.3) is 0 Å². The van der Waals surface area contributed by atoms with Crippen LogP contribution in [0.2, 0.25) is 0 Å². The third kappa shape index (κ3) is 9.92. The van der Waals surface area contributed by atoms with Crippen molar-refractivity contribution in [2.45, 2.75) is 130 Å². The monoisotopic (exact) mass is 1040 g/mol. The lowest BCUT2D eigenvalue weighted by Gasteiger charge is -2.33. The molecule has 79 heavy (non-hydrogen) atoms. The summed E-state index contributed by atoms with van der Waals surface area (Å²) < 4.78 is 9.34. The predicted octanol–water partition coefficient (Wildman–Crippen LogP) is 20.4. The van der Waals surface area contributed by atoms with Crippen molar-refractivity contribution < 1.29 is 4.74 Å². The fraction of sp³-hybridized carbons (Fsp3) is 0.284. The minimum atomic E-state index is -0.274. The van der Waals surface area contributed by atoms with Crippen LogP contribution in [-0.2, 0) is 21.7 Å². The van der Waals surface area contributed by atoms with Crippen LogP contribution in [0.5, 0.6) is 11.5 Å². The molecule has 0 bridgehead atoms. The lowest BCUT2D eigenvalue weighted by atomic mass is 9.73. The number of aromatic nitrogens is 2. The molecule has 5 heteroatoms. The Morgan fingerprint density at radius 1 is 0.418 bits per heavy atom. The maximum Gasteiger partial charge on any atom is 0.137 e. The summed E-state index contributed by atoms with van der Waals surface area (Å²) in [5.41, 5.74) is 19.1. The molecule has 400 valence electrons. The first-order valence-corrected chi connectivity index (χ1v) is 28.5. The molecular formula is C74H78N4O. The van der Waals surface area contributed by atoms with Crippen molar-refractivity contribution in [2.75, 3.05) is 16.5 Å². The molecule has 0 atom stereocenters. The van der Waals surface area contributed by atoms with Crippen LogP contribution in [0.3, 0.4) is 0 Å². The van der Waals surface area contributed by atoms with Gasteiger partial charge in [-0.15, -0.1) is 0 Å². The summed E-state index contributed by atoms with van der Waals surface area (Å²) in [6.07, 6.45) is 1.95. The number of nitrogens with zero attached hydrogens (tertiary/aromatic N) is 4. The molecule has 0 saturated heterocycles. The first-order valence-electron chi connectivity index (χ1n) is 28.5. The second-order valence-electron chi connectivity index (χ2n) is 25.8. The van der Waals surface area contributed by atoms with Crippen molar-refractivity contribution in [3.05, 3.63) is 239 Å². The van der Waals surface area contributed by atoms with E-state index in [0.717, 1.165) is 45.4 Å². The van der Waals surface area contributed by atoms with Crippen molar-refractivity contribution in [3.63, 3.8) is 0 Å². The highest BCUT2D eigenvalue weighted by Gasteiger charge is 2.34. The molecule has 1 aliphatic rings. The van der Waals surface area contributed by atoms with Crippen LogP contribution >= 0.6 is 0 Å². The summed E-state index contributed by atoms with van der Waals surface area (Å²) in [6.45, 7) is 32.9. The van der Waals surface area contributed by atoms with E-state index in [9.17, 15) is 0 Å². The van der Waals surface area contributed by atoms with E-state index in [1.165, 1.54) is 72.1 Å². The topological polar surface area (TPSA) is 33.5 Å². The van der Waals surface area contributed by atoms with E-state index in [-0.39, 0.29) is 21.7 Å². The number of ether oxygens (including phenoxy) is 1. The highest BCUT2D eigenvalue weighted by Crippen LogP contribution is 2.50. The van der Waals surface area contributed by atoms with Crippen molar-refractivity contribution >= 4 is 44.6 Å². The fourth-order valence-electron chi connectivity index (χ4n) is 11.9. The van der Waals surface area contributed by atoms with Gasteiger partial charge in [0.2, 0.25) is 0 Å². The highest BCUT2D eigenvalue weighted by molar-refractivity contribution is 6.10. The Bertz CT molecular complexity index is 3790. The molecule has 0 N–H and O–H groups in total. The number of hydrogen-bond acceptors (Lipinski definition) is 4. The molecular weight excluding hydrogens is 961 g/mol. The van der Waals surface area contributed by atoms with Crippen LogP contribution in [0.15, 0.2) is 194 Å². The molecule has 8 aromatic carbocycles. The summed E-state index contributed by atoms with van der Waals surface area (Å²) in [6, 6.07) is 69.8. The Kier molecular flexibility index (Phi) is 13.5. The van der Waals surface area contributed by atoms with Crippen molar-refractivity contribution in [3.8, 4) is 28.4 Å². The molecule has 0 amide bonds. The molecule has 0 spiro atoms. The average Bonchev–Trinajstić information content (AvgIpc) is 4.10. The first-order chi connectivity index (χ1) is 37.6. The summed E-state index contributed by atoms with van der Waals surface area (Å²) in [4.78, 5) is 10.0. The smallest absolute Gasteiger partial charge is 0.137 e. The van der Waals surface area contributed by atoms with Crippen LogP contribution in [0.4, 0.5) is 22.7 Å². The second kappa shape index (κ2) is 20.1. The molecule has 0 aliphatic carbocycles. The van der Waals surface area contributed by atoms with Crippen molar-refractivity contribution in [1.29, 1.82) is 0 Å². The van der Waals surface area contributed by atoms with Crippen LogP contribution in [0.1, 0.15) is 153 Å². The molecule has 5 nitrogen and oxygen atoms in total. The van der Waals surface area contributed by atoms with Gasteiger partial charge in [-0.2, -0.15) is 0 Å². The van der Waals surface area contributed by atoms with Crippen LogP contribution in [-0.4, -0.2) is 16.2 Å². The maximum absolute atomic E-state index is 7.02. The van der Waals surface area contributed by atoms with Crippen LogP contribution < -0.4 is 14.5 Å².